The lowest BCUT2D eigenvalue weighted by Crippen LogP contribution is -2.23. The lowest BCUT2D eigenvalue weighted by Gasteiger charge is -2.14. The van der Waals surface area contributed by atoms with Crippen molar-refractivity contribution in [2.45, 2.75) is 31.9 Å². The maximum Gasteiger partial charge on any atom is 0.331 e. The monoisotopic (exact) mass is 217 g/mol. The zero-order valence-corrected chi connectivity index (χ0v) is 9.13. The summed E-state index contributed by atoms with van der Waals surface area (Å²) in [5.41, 5.74) is 1.01. The number of benzene rings is 1. The van der Waals surface area contributed by atoms with Crippen LogP contribution in [0, 0.1) is 0 Å². The highest BCUT2D eigenvalue weighted by atomic mass is 16.5. The molecule has 2 rings (SSSR count). The van der Waals surface area contributed by atoms with Gasteiger partial charge in [0.2, 0.25) is 0 Å². The van der Waals surface area contributed by atoms with Crippen LogP contribution in [0.4, 0.5) is 0 Å². The average Bonchev–Trinajstić information content (AvgIpc) is 2.38. The smallest absolute Gasteiger partial charge is 0.331 e. The summed E-state index contributed by atoms with van der Waals surface area (Å²) in [6, 6.07) is 9.41. The average molecular weight is 217 g/mol. The number of carbonyl (C=O) groups is 1. The van der Waals surface area contributed by atoms with Crippen LogP contribution in [0.15, 0.2) is 35.3 Å². The van der Waals surface area contributed by atoms with Gasteiger partial charge in [0.05, 0.1) is 0 Å². The Balaban J connectivity index is 1.84. The van der Waals surface area contributed by atoms with E-state index in [1.165, 1.54) is 0 Å². The number of hydrogen-bond acceptors (Lipinski definition) is 3. The highest BCUT2D eigenvalue weighted by Gasteiger charge is 2.19. The molecule has 1 atom stereocenters. The van der Waals surface area contributed by atoms with Gasteiger partial charge >= 0.3 is 5.97 Å². The van der Waals surface area contributed by atoms with E-state index in [0.29, 0.717) is 6.61 Å². The van der Waals surface area contributed by atoms with Gasteiger partial charge in [0.1, 0.15) is 12.6 Å². The van der Waals surface area contributed by atoms with Crippen LogP contribution in [-0.4, -0.2) is 18.2 Å². The van der Waals surface area contributed by atoms with Gasteiger partial charge in [-0.1, -0.05) is 30.3 Å². The van der Waals surface area contributed by atoms with Crippen LogP contribution in [0.2, 0.25) is 0 Å². The van der Waals surface area contributed by atoms with Crippen molar-refractivity contribution in [1.29, 1.82) is 0 Å². The van der Waals surface area contributed by atoms with Crippen molar-refractivity contribution in [3.8, 4) is 0 Å². The molecule has 1 aromatic carbocycles. The second-order valence-corrected chi connectivity index (χ2v) is 3.87. The molecule has 0 fully saturated rings. The Hall–Kier alpha value is -1.64. The predicted octanol–water partition coefficient (Wildman–Crippen LogP) is 2.35. The molecule has 1 unspecified atom stereocenters. The maximum absolute atomic E-state index is 11.6. The highest BCUT2D eigenvalue weighted by molar-refractivity contribution is 5.78. The van der Waals surface area contributed by atoms with Crippen molar-refractivity contribution in [1.82, 2.24) is 0 Å². The van der Waals surface area contributed by atoms with Gasteiger partial charge in [-0.2, -0.15) is 0 Å². The van der Waals surface area contributed by atoms with Crippen molar-refractivity contribution < 1.29 is 9.53 Å². The molecule has 1 aliphatic rings. The Morgan fingerprint density at radius 1 is 1.38 bits per heavy atom. The lowest BCUT2D eigenvalue weighted by molar-refractivity contribution is -0.146. The summed E-state index contributed by atoms with van der Waals surface area (Å²) in [5.74, 6) is -0.209. The zero-order chi connectivity index (χ0) is 11.2. The molecule has 0 aliphatic carbocycles. The molecule has 1 heterocycles. The summed E-state index contributed by atoms with van der Waals surface area (Å²) in [5, 5.41) is 0. The van der Waals surface area contributed by atoms with Crippen molar-refractivity contribution >= 4 is 12.2 Å². The Morgan fingerprint density at radius 2 is 2.19 bits per heavy atom. The number of hydrogen-bond donors (Lipinski definition) is 0. The van der Waals surface area contributed by atoms with Crippen LogP contribution in [0.25, 0.3) is 0 Å². The molecule has 0 N–H and O–H groups in total. The molecular formula is C13H15NO2. The quantitative estimate of drug-likeness (QED) is 0.729. The minimum absolute atomic E-state index is 0.209. The van der Waals surface area contributed by atoms with E-state index in [2.05, 4.69) is 4.99 Å². The predicted molar refractivity (Wildman–Crippen MR) is 62.4 cm³/mol. The molecule has 84 valence electrons. The summed E-state index contributed by atoms with van der Waals surface area (Å²) < 4.78 is 5.21. The number of ether oxygens (including phenoxy) is 1. The van der Waals surface area contributed by atoms with Crippen LogP contribution in [0.3, 0.4) is 0 Å². The molecule has 1 aromatic rings. The lowest BCUT2D eigenvalue weighted by atomic mass is 10.1. The molecule has 0 saturated heterocycles. The van der Waals surface area contributed by atoms with Gasteiger partial charge in [-0.05, 0) is 31.0 Å². The number of nitrogens with zero attached hydrogens (tertiary/aromatic N) is 1. The van der Waals surface area contributed by atoms with Gasteiger partial charge in [-0.3, -0.25) is 4.99 Å². The van der Waals surface area contributed by atoms with E-state index in [-0.39, 0.29) is 12.0 Å². The molecule has 0 spiro atoms. The molecule has 0 aromatic heterocycles. The van der Waals surface area contributed by atoms with Gasteiger partial charge in [-0.15, -0.1) is 0 Å². The molecule has 0 amide bonds. The van der Waals surface area contributed by atoms with Crippen LogP contribution < -0.4 is 0 Å². The summed E-state index contributed by atoms with van der Waals surface area (Å²) in [6.07, 6.45) is 4.62. The fourth-order valence-corrected chi connectivity index (χ4v) is 1.68. The fourth-order valence-electron chi connectivity index (χ4n) is 1.68. The van der Waals surface area contributed by atoms with E-state index >= 15 is 0 Å². The standard InChI is InChI=1S/C13H15NO2/c15-13(12-8-4-5-9-14-12)16-10-11-6-2-1-3-7-11/h1-3,6-7,9,12H,4-5,8,10H2. The topological polar surface area (TPSA) is 38.7 Å². The Kier molecular flexibility index (Phi) is 3.70. The van der Waals surface area contributed by atoms with Gasteiger partial charge < -0.3 is 4.74 Å². The van der Waals surface area contributed by atoms with Crippen LogP contribution in [0.5, 0.6) is 0 Å². The Morgan fingerprint density at radius 3 is 2.88 bits per heavy atom. The fraction of sp³-hybridized carbons (Fsp3) is 0.385. The third kappa shape index (κ3) is 2.92. The molecule has 16 heavy (non-hydrogen) atoms. The van der Waals surface area contributed by atoms with E-state index in [1.807, 2.05) is 36.5 Å². The molecule has 0 saturated carbocycles. The van der Waals surface area contributed by atoms with E-state index in [4.69, 9.17) is 4.74 Å². The van der Waals surface area contributed by atoms with Crippen molar-refractivity contribution in [3.05, 3.63) is 35.9 Å². The minimum atomic E-state index is -0.280. The summed E-state index contributed by atoms with van der Waals surface area (Å²) in [6.45, 7) is 0.339. The van der Waals surface area contributed by atoms with Crippen LogP contribution in [0.1, 0.15) is 24.8 Å². The summed E-state index contributed by atoms with van der Waals surface area (Å²) in [7, 11) is 0. The molecule has 0 bridgehead atoms. The number of aliphatic imine (C=N–C) groups is 1. The second kappa shape index (κ2) is 5.45. The first-order valence-corrected chi connectivity index (χ1v) is 5.58. The number of esters is 1. The van der Waals surface area contributed by atoms with Gasteiger partial charge in [0.15, 0.2) is 0 Å². The first-order chi connectivity index (χ1) is 7.86. The second-order valence-electron chi connectivity index (χ2n) is 3.87. The van der Waals surface area contributed by atoms with E-state index in [9.17, 15) is 4.79 Å². The maximum atomic E-state index is 11.6. The number of rotatable bonds is 3. The zero-order valence-electron chi connectivity index (χ0n) is 9.13. The van der Waals surface area contributed by atoms with Gasteiger partial charge in [0, 0.05) is 0 Å². The van der Waals surface area contributed by atoms with Crippen molar-refractivity contribution in [2.24, 2.45) is 4.99 Å². The SMILES string of the molecule is O=C(OCc1ccccc1)C1CCCC=N1. The third-order valence-electron chi connectivity index (χ3n) is 2.59. The normalized spacial score (nSPS) is 19.4. The summed E-state index contributed by atoms with van der Waals surface area (Å²) >= 11 is 0. The Labute approximate surface area is 95.2 Å². The van der Waals surface area contributed by atoms with E-state index < -0.39 is 0 Å². The highest BCUT2D eigenvalue weighted by Crippen LogP contribution is 2.12. The molecular weight excluding hydrogens is 202 g/mol. The number of carbonyl (C=O) groups excluding carboxylic acids is 1. The summed E-state index contributed by atoms with van der Waals surface area (Å²) in [4.78, 5) is 15.8. The van der Waals surface area contributed by atoms with E-state index in [0.717, 1.165) is 24.8 Å². The van der Waals surface area contributed by atoms with Gasteiger partial charge in [0.25, 0.3) is 0 Å². The van der Waals surface area contributed by atoms with Crippen molar-refractivity contribution in [3.63, 3.8) is 0 Å². The third-order valence-corrected chi connectivity index (χ3v) is 2.59. The van der Waals surface area contributed by atoms with Crippen molar-refractivity contribution in [2.75, 3.05) is 0 Å². The first kappa shape index (κ1) is 10.9. The van der Waals surface area contributed by atoms with Crippen LogP contribution in [-0.2, 0) is 16.1 Å². The first-order valence-electron chi connectivity index (χ1n) is 5.58. The van der Waals surface area contributed by atoms with Gasteiger partial charge in [-0.25, -0.2) is 4.79 Å². The minimum Gasteiger partial charge on any atom is -0.459 e. The Bertz CT molecular complexity index is 373. The molecule has 3 heteroatoms. The molecule has 3 nitrogen and oxygen atoms in total. The molecule has 0 radical (unpaired) electrons. The van der Waals surface area contributed by atoms with E-state index in [1.54, 1.807) is 0 Å². The molecule has 1 aliphatic heterocycles. The van der Waals surface area contributed by atoms with Crippen LogP contribution >= 0.6 is 0 Å². The largest absolute Gasteiger partial charge is 0.459 e.